The third kappa shape index (κ3) is 4.03. The van der Waals surface area contributed by atoms with E-state index in [1.165, 1.54) is 10.6 Å². The van der Waals surface area contributed by atoms with Gasteiger partial charge < -0.3 is 11.5 Å². The summed E-state index contributed by atoms with van der Waals surface area (Å²) in [7, 11) is 0. The fraction of sp³-hybridized carbons (Fsp3) is 0.667. The van der Waals surface area contributed by atoms with Gasteiger partial charge in [-0.3, -0.25) is 14.3 Å². The Morgan fingerprint density at radius 1 is 1.33 bits per heavy atom. The molecule has 0 fully saturated rings. The van der Waals surface area contributed by atoms with Crippen LogP contribution in [0.3, 0.4) is 0 Å². The maximum Gasteiger partial charge on any atom is 0.329 e. The molecule has 18 heavy (non-hydrogen) atoms. The Kier molecular flexibility index (Phi) is 5.64. The van der Waals surface area contributed by atoms with Crippen LogP contribution in [0.5, 0.6) is 0 Å². The molecular formula is C12H22N4O2. The van der Waals surface area contributed by atoms with Gasteiger partial charge in [-0.05, 0) is 25.3 Å². The smallest absolute Gasteiger partial charge is 0.329 e. The molecule has 1 aromatic rings. The van der Waals surface area contributed by atoms with Crippen LogP contribution in [-0.2, 0) is 6.54 Å². The van der Waals surface area contributed by atoms with Crippen molar-refractivity contribution in [3.05, 3.63) is 26.9 Å². The van der Waals surface area contributed by atoms with Gasteiger partial charge in [-0.15, -0.1) is 0 Å². The summed E-state index contributed by atoms with van der Waals surface area (Å²) in [5.41, 5.74) is 10.3. The number of hydrogen-bond acceptors (Lipinski definition) is 4. The Bertz CT molecular complexity index is 472. The van der Waals surface area contributed by atoms with Crippen molar-refractivity contribution in [2.45, 2.75) is 39.2 Å². The van der Waals surface area contributed by atoms with Crippen molar-refractivity contribution >= 4 is 5.82 Å². The van der Waals surface area contributed by atoms with Crippen molar-refractivity contribution < 1.29 is 0 Å². The summed E-state index contributed by atoms with van der Waals surface area (Å²) in [4.78, 5) is 24.8. The highest BCUT2D eigenvalue weighted by Gasteiger charge is 2.09. The molecule has 0 aliphatic carbocycles. The minimum Gasteiger partial charge on any atom is -0.385 e. The quantitative estimate of drug-likeness (QED) is 0.649. The Morgan fingerprint density at radius 2 is 2.06 bits per heavy atom. The Balaban J connectivity index is 2.73. The van der Waals surface area contributed by atoms with Crippen molar-refractivity contribution in [2.24, 2.45) is 11.7 Å². The van der Waals surface area contributed by atoms with E-state index in [9.17, 15) is 9.59 Å². The molecule has 0 saturated carbocycles. The van der Waals surface area contributed by atoms with Crippen LogP contribution in [0.2, 0.25) is 0 Å². The normalized spacial score (nSPS) is 12.6. The van der Waals surface area contributed by atoms with Crippen molar-refractivity contribution in [3.8, 4) is 0 Å². The molecule has 0 bridgehead atoms. The minimum atomic E-state index is -0.458. The zero-order valence-electron chi connectivity index (χ0n) is 10.8. The molecule has 0 aromatic carbocycles. The van der Waals surface area contributed by atoms with Crippen LogP contribution in [-0.4, -0.2) is 16.1 Å². The fourth-order valence-corrected chi connectivity index (χ4v) is 2.16. The first-order valence-electron chi connectivity index (χ1n) is 6.38. The molecule has 1 heterocycles. The summed E-state index contributed by atoms with van der Waals surface area (Å²) in [6.07, 6.45) is 3.99. The second kappa shape index (κ2) is 7.00. The van der Waals surface area contributed by atoms with E-state index < -0.39 is 11.2 Å². The van der Waals surface area contributed by atoms with Gasteiger partial charge in [0.05, 0.1) is 0 Å². The van der Waals surface area contributed by atoms with Crippen molar-refractivity contribution in [3.63, 3.8) is 0 Å². The number of nitrogen functional groups attached to an aromatic ring is 1. The Hall–Kier alpha value is -1.56. The summed E-state index contributed by atoms with van der Waals surface area (Å²) >= 11 is 0. The largest absolute Gasteiger partial charge is 0.385 e. The van der Waals surface area contributed by atoms with Gasteiger partial charge in [-0.1, -0.05) is 19.8 Å². The van der Waals surface area contributed by atoms with Gasteiger partial charge >= 0.3 is 5.69 Å². The first-order chi connectivity index (χ1) is 8.58. The third-order valence-corrected chi connectivity index (χ3v) is 3.10. The van der Waals surface area contributed by atoms with Gasteiger partial charge in [0.2, 0.25) is 0 Å². The summed E-state index contributed by atoms with van der Waals surface area (Å²) in [6.45, 7) is 3.30. The third-order valence-electron chi connectivity index (χ3n) is 3.10. The molecule has 0 radical (unpaired) electrons. The maximum atomic E-state index is 11.6. The lowest BCUT2D eigenvalue weighted by molar-refractivity contribution is 0.391. The molecule has 5 N–H and O–H groups in total. The SMILES string of the molecule is CCCC(CCN)CCn1c(N)cc(=O)[nH]c1=O. The molecular weight excluding hydrogens is 232 g/mol. The van der Waals surface area contributed by atoms with Crippen LogP contribution < -0.4 is 22.7 Å². The maximum absolute atomic E-state index is 11.6. The van der Waals surface area contributed by atoms with E-state index in [-0.39, 0.29) is 5.82 Å². The molecule has 0 aliphatic rings. The van der Waals surface area contributed by atoms with Crippen LogP contribution in [0.1, 0.15) is 32.6 Å². The van der Waals surface area contributed by atoms with Crippen LogP contribution in [0, 0.1) is 5.92 Å². The van der Waals surface area contributed by atoms with Gasteiger partial charge in [0.25, 0.3) is 5.56 Å². The number of hydrogen-bond donors (Lipinski definition) is 3. The fourth-order valence-electron chi connectivity index (χ4n) is 2.16. The second-order valence-corrected chi connectivity index (χ2v) is 4.54. The molecule has 0 amide bonds. The van der Waals surface area contributed by atoms with Gasteiger partial charge in [-0.2, -0.15) is 0 Å². The van der Waals surface area contributed by atoms with Crippen LogP contribution in [0.25, 0.3) is 0 Å². The Morgan fingerprint density at radius 3 is 2.61 bits per heavy atom. The number of nitrogens with zero attached hydrogens (tertiary/aromatic N) is 1. The zero-order chi connectivity index (χ0) is 13.5. The molecule has 0 aliphatic heterocycles. The summed E-state index contributed by atoms with van der Waals surface area (Å²) in [5, 5.41) is 0. The zero-order valence-corrected chi connectivity index (χ0v) is 10.8. The number of aromatic nitrogens is 2. The molecule has 102 valence electrons. The number of aromatic amines is 1. The first-order valence-corrected chi connectivity index (χ1v) is 6.38. The lowest BCUT2D eigenvalue weighted by atomic mass is 9.96. The number of nitrogens with two attached hydrogens (primary N) is 2. The number of anilines is 1. The molecule has 0 spiro atoms. The highest BCUT2D eigenvalue weighted by Crippen LogP contribution is 2.16. The monoisotopic (exact) mass is 254 g/mol. The molecule has 1 atom stereocenters. The van der Waals surface area contributed by atoms with Crippen LogP contribution in [0.15, 0.2) is 15.7 Å². The average Bonchev–Trinajstić information content (AvgIpc) is 2.28. The molecule has 1 unspecified atom stereocenters. The molecule has 0 saturated heterocycles. The lowest BCUT2D eigenvalue weighted by Gasteiger charge is -2.16. The van der Waals surface area contributed by atoms with E-state index in [4.69, 9.17) is 11.5 Å². The van der Waals surface area contributed by atoms with E-state index in [0.717, 1.165) is 25.7 Å². The van der Waals surface area contributed by atoms with Gasteiger partial charge in [-0.25, -0.2) is 4.79 Å². The van der Waals surface area contributed by atoms with Gasteiger partial charge in [0, 0.05) is 12.6 Å². The minimum absolute atomic E-state index is 0.215. The molecule has 6 nitrogen and oxygen atoms in total. The van der Waals surface area contributed by atoms with Crippen LogP contribution >= 0.6 is 0 Å². The van der Waals surface area contributed by atoms with Crippen molar-refractivity contribution in [1.29, 1.82) is 0 Å². The summed E-state index contributed by atoms with van der Waals surface area (Å²) in [6, 6.07) is 1.24. The van der Waals surface area contributed by atoms with Crippen molar-refractivity contribution in [2.75, 3.05) is 12.3 Å². The van der Waals surface area contributed by atoms with Gasteiger partial charge in [0.15, 0.2) is 0 Å². The van der Waals surface area contributed by atoms with E-state index in [1.807, 2.05) is 0 Å². The van der Waals surface area contributed by atoms with Crippen molar-refractivity contribution in [1.82, 2.24) is 9.55 Å². The topological polar surface area (TPSA) is 107 Å². The predicted molar refractivity (Wildman–Crippen MR) is 72.4 cm³/mol. The first kappa shape index (κ1) is 14.5. The standard InChI is InChI=1S/C12H22N4O2/c1-2-3-9(4-6-13)5-7-16-10(14)8-11(17)15-12(16)18/h8-9H,2-7,13-14H2,1H3,(H,15,17,18). The lowest BCUT2D eigenvalue weighted by Crippen LogP contribution is -2.32. The van der Waals surface area contributed by atoms with Crippen LogP contribution in [0.4, 0.5) is 5.82 Å². The molecule has 1 rings (SSSR count). The number of H-pyrrole nitrogens is 1. The van der Waals surface area contributed by atoms with E-state index in [1.54, 1.807) is 0 Å². The van der Waals surface area contributed by atoms with E-state index in [0.29, 0.717) is 19.0 Å². The van der Waals surface area contributed by atoms with E-state index in [2.05, 4.69) is 11.9 Å². The Labute approximate surface area is 106 Å². The number of nitrogens with one attached hydrogen (secondary N) is 1. The molecule has 6 heteroatoms. The predicted octanol–water partition coefficient (Wildman–Crippen LogP) is 0.274. The van der Waals surface area contributed by atoms with Gasteiger partial charge in [0.1, 0.15) is 5.82 Å². The highest BCUT2D eigenvalue weighted by atomic mass is 16.2. The summed E-state index contributed by atoms with van der Waals surface area (Å²) < 4.78 is 1.40. The molecule has 1 aromatic heterocycles. The highest BCUT2D eigenvalue weighted by molar-refractivity contribution is 5.25. The van der Waals surface area contributed by atoms with E-state index >= 15 is 0 Å². The second-order valence-electron chi connectivity index (χ2n) is 4.54. The number of rotatable bonds is 7. The average molecular weight is 254 g/mol. The summed E-state index contributed by atoms with van der Waals surface area (Å²) in [5.74, 6) is 0.713.